The quantitative estimate of drug-likeness (QED) is 0.219. The summed E-state index contributed by atoms with van der Waals surface area (Å²) in [6, 6.07) is 0. The van der Waals surface area contributed by atoms with Crippen molar-refractivity contribution in [2.75, 3.05) is 33.5 Å². The fraction of sp³-hybridized carbons (Fsp3) is 1.00. The number of hydrogen-bond acceptors (Lipinski definition) is 11. The molecule has 0 spiro atoms. The summed E-state index contributed by atoms with van der Waals surface area (Å²) in [5.41, 5.74) is 0. The van der Waals surface area contributed by atoms with Crippen molar-refractivity contribution in [1.29, 1.82) is 0 Å². The van der Waals surface area contributed by atoms with Gasteiger partial charge in [-0.05, 0) is 13.8 Å². The molecule has 3 saturated heterocycles. The maximum absolute atomic E-state index is 9.69. The normalized spacial score (nSPS) is 41.8. The Kier molecular flexibility index (Phi) is 12.5. The topological polar surface area (TPSA) is 179 Å². The van der Waals surface area contributed by atoms with E-state index >= 15 is 0 Å². The first-order chi connectivity index (χ1) is 12.7. The molecule has 3 fully saturated rings. The molecule has 0 aromatic heterocycles. The van der Waals surface area contributed by atoms with Gasteiger partial charge in [0.15, 0.2) is 5.79 Å². The highest BCUT2D eigenvalue weighted by molar-refractivity contribution is 5.85. The molecule has 0 radical (unpaired) electrons. The summed E-state index contributed by atoms with van der Waals surface area (Å²) >= 11 is 0. The Morgan fingerprint density at radius 2 is 1.36 bits per heavy atom. The SMILES string of the molecule is CC1(C)OC[C@@H]2OC[C@@H](O)[C@@H](O)[C@@H]2O1.CO.Cl.OC[C@@H]1OC[C@@H](O)[C@@H](O)[C@@H]1O. The molecule has 3 aliphatic heterocycles. The Morgan fingerprint density at radius 3 is 1.93 bits per heavy atom. The highest BCUT2D eigenvalue weighted by Crippen LogP contribution is 2.29. The second kappa shape index (κ2) is 12.5. The van der Waals surface area contributed by atoms with Crippen molar-refractivity contribution in [2.45, 2.75) is 68.5 Å². The molecular formula is C16H33ClO11. The van der Waals surface area contributed by atoms with Crippen molar-refractivity contribution in [1.82, 2.24) is 0 Å². The van der Waals surface area contributed by atoms with Crippen molar-refractivity contribution < 1.29 is 54.7 Å². The van der Waals surface area contributed by atoms with Crippen LogP contribution in [0.3, 0.4) is 0 Å². The van der Waals surface area contributed by atoms with Gasteiger partial charge in [-0.15, -0.1) is 12.4 Å². The largest absolute Gasteiger partial charge is 0.400 e. The number of rotatable bonds is 1. The molecule has 0 aromatic carbocycles. The predicted octanol–water partition coefficient (Wildman–Crippen LogP) is -3.25. The van der Waals surface area contributed by atoms with Gasteiger partial charge in [0, 0.05) is 7.11 Å². The van der Waals surface area contributed by atoms with E-state index in [9.17, 15) is 10.2 Å². The number of hydrogen-bond donors (Lipinski definition) is 7. The van der Waals surface area contributed by atoms with Crippen LogP contribution in [-0.4, -0.2) is 124 Å². The van der Waals surface area contributed by atoms with Gasteiger partial charge in [0.1, 0.15) is 48.8 Å². The van der Waals surface area contributed by atoms with E-state index in [-0.39, 0.29) is 38.3 Å². The van der Waals surface area contributed by atoms with E-state index < -0.39 is 48.5 Å². The van der Waals surface area contributed by atoms with Crippen LogP contribution in [-0.2, 0) is 18.9 Å². The summed E-state index contributed by atoms with van der Waals surface area (Å²) in [7, 11) is 1.00. The molecule has 12 heteroatoms. The van der Waals surface area contributed by atoms with Crippen molar-refractivity contribution >= 4 is 12.4 Å². The molecule has 0 aliphatic carbocycles. The van der Waals surface area contributed by atoms with Crippen molar-refractivity contribution in [3.63, 3.8) is 0 Å². The average molecular weight is 437 g/mol. The van der Waals surface area contributed by atoms with Crippen molar-refractivity contribution in [2.24, 2.45) is 0 Å². The van der Waals surface area contributed by atoms with Crippen LogP contribution in [0, 0.1) is 0 Å². The van der Waals surface area contributed by atoms with Gasteiger partial charge >= 0.3 is 0 Å². The molecule has 7 N–H and O–H groups in total. The minimum atomic E-state index is -1.22. The first-order valence-electron chi connectivity index (χ1n) is 8.67. The Balaban J connectivity index is 0.000000474. The molecule has 0 bridgehead atoms. The van der Waals surface area contributed by atoms with Crippen LogP contribution in [0.15, 0.2) is 0 Å². The van der Waals surface area contributed by atoms with Crippen LogP contribution in [0.25, 0.3) is 0 Å². The fourth-order valence-electron chi connectivity index (χ4n) is 2.82. The highest BCUT2D eigenvalue weighted by atomic mass is 35.5. The molecule has 3 heterocycles. The van der Waals surface area contributed by atoms with Crippen molar-refractivity contribution in [3.05, 3.63) is 0 Å². The molecular weight excluding hydrogens is 404 g/mol. The first kappa shape index (κ1) is 27.8. The molecule has 11 nitrogen and oxygen atoms in total. The third-order valence-corrected chi connectivity index (χ3v) is 4.38. The van der Waals surface area contributed by atoms with E-state index in [0.717, 1.165) is 7.11 Å². The van der Waals surface area contributed by atoms with E-state index in [1.54, 1.807) is 13.8 Å². The van der Waals surface area contributed by atoms with Gasteiger partial charge in [0.25, 0.3) is 0 Å². The number of ether oxygens (including phenoxy) is 4. The molecule has 0 aromatic rings. The monoisotopic (exact) mass is 436 g/mol. The van der Waals surface area contributed by atoms with Crippen LogP contribution < -0.4 is 0 Å². The summed E-state index contributed by atoms with van der Waals surface area (Å²) in [5, 5.41) is 61.8. The van der Waals surface area contributed by atoms with Gasteiger partial charge in [-0.1, -0.05) is 0 Å². The maximum Gasteiger partial charge on any atom is 0.163 e. The Morgan fingerprint density at radius 1 is 0.821 bits per heavy atom. The zero-order valence-corrected chi connectivity index (χ0v) is 16.9. The third-order valence-electron chi connectivity index (χ3n) is 4.38. The summed E-state index contributed by atoms with van der Waals surface area (Å²) < 4.78 is 21.0. The molecule has 3 aliphatic rings. The van der Waals surface area contributed by atoms with Crippen LogP contribution in [0.1, 0.15) is 13.8 Å². The molecule has 170 valence electrons. The lowest BCUT2D eigenvalue weighted by atomic mass is 9.99. The fourth-order valence-corrected chi connectivity index (χ4v) is 2.82. The molecule has 28 heavy (non-hydrogen) atoms. The second-order valence-corrected chi connectivity index (χ2v) is 6.83. The lowest BCUT2D eigenvalue weighted by molar-refractivity contribution is -0.346. The van der Waals surface area contributed by atoms with Gasteiger partial charge in [-0.25, -0.2) is 0 Å². The van der Waals surface area contributed by atoms with Crippen molar-refractivity contribution in [3.8, 4) is 0 Å². The van der Waals surface area contributed by atoms with Crippen LogP contribution >= 0.6 is 12.4 Å². The molecule has 0 saturated carbocycles. The summed E-state index contributed by atoms with van der Waals surface area (Å²) in [6.45, 7) is 3.67. The van der Waals surface area contributed by atoms with Crippen LogP contribution in [0.2, 0.25) is 0 Å². The van der Waals surface area contributed by atoms with E-state index in [2.05, 4.69) is 0 Å². The van der Waals surface area contributed by atoms with Gasteiger partial charge in [-0.3, -0.25) is 0 Å². The standard InChI is InChI=1S/C9H16O5.C6H12O5.CH4O.ClH/c1-9(2)13-4-6-8(14-9)7(11)5(10)3-12-6;7-1-4-6(10)5(9)3(8)2-11-4;1-2;/h5-8,10-11H,3-4H2,1-2H3;3-10H,1-2H2;2H,1H3;1H/t5-,6+,7-,8-;3-,4+,5-,6-;;/m11../s1. The Labute approximate surface area is 169 Å². The average Bonchev–Trinajstić information content (AvgIpc) is 2.65. The summed E-state index contributed by atoms with van der Waals surface area (Å²) in [6.07, 6.45) is -6.81. The lowest BCUT2D eigenvalue weighted by Crippen LogP contribution is -2.61. The highest BCUT2D eigenvalue weighted by Gasteiger charge is 2.46. The van der Waals surface area contributed by atoms with E-state index in [1.807, 2.05) is 0 Å². The van der Waals surface area contributed by atoms with E-state index in [0.29, 0.717) is 6.61 Å². The number of halogens is 1. The second-order valence-electron chi connectivity index (χ2n) is 6.83. The van der Waals surface area contributed by atoms with Gasteiger partial charge in [0.2, 0.25) is 0 Å². The molecule has 3 rings (SSSR count). The van der Waals surface area contributed by atoms with E-state index in [4.69, 9.17) is 44.5 Å². The lowest BCUT2D eigenvalue weighted by Gasteiger charge is -2.46. The maximum atomic E-state index is 9.69. The first-order valence-corrected chi connectivity index (χ1v) is 8.67. The summed E-state index contributed by atoms with van der Waals surface area (Å²) in [5.74, 6) is -0.720. The molecule has 0 amide bonds. The smallest absolute Gasteiger partial charge is 0.163 e. The third kappa shape index (κ3) is 7.27. The van der Waals surface area contributed by atoms with E-state index in [1.165, 1.54) is 0 Å². The zero-order chi connectivity index (χ0) is 20.8. The molecule has 0 unspecified atom stereocenters. The van der Waals surface area contributed by atoms with Gasteiger partial charge < -0.3 is 54.7 Å². The summed E-state index contributed by atoms with van der Waals surface area (Å²) in [4.78, 5) is 0. The Hall–Kier alpha value is -0.150. The zero-order valence-electron chi connectivity index (χ0n) is 16.1. The van der Waals surface area contributed by atoms with Gasteiger partial charge in [0.05, 0.1) is 26.4 Å². The Bertz CT molecular complexity index is 423. The number of aliphatic hydroxyl groups excluding tert-OH is 7. The van der Waals surface area contributed by atoms with Crippen LogP contribution in [0.5, 0.6) is 0 Å². The number of aliphatic hydroxyl groups is 7. The van der Waals surface area contributed by atoms with Gasteiger partial charge in [-0.2, -0.15) is 0 Å². The minimum Gasteiger partial charge on any atom is -0.400 e. The minimum absolute atomic E-state index is 0. The predicted molar refractivity (Wildman–Crippen MR) is 96.9 cm³/mol. The molecule has 8 atom stereocenters. The number of fused-ring (bicyclic) bond motifs is 1. The van der Waals surface area contributed by atoms with Crippen LogP contribution in [0.4, 0.5) is 0 Å².